The minimum atomic E-state index is -0.414. The molecule has 70 valence electrons. The van der Waals surface area contributed by atoms with Crippen molar-refractivity contribution in [2.24, 2.45) is 0 Å². The molecule has 1 rings (SSSR count). The molecule has 1 saturated heterocycles. The van der Waals surface area contributed by atoms with Crippen LogP contribution in [0.1, 0.15) is 13.3 Å². The molecule has 0 bridgehead atoms. The second-order valence-corrected chi connectivity index (χ2v) is 2.83. The van der Waals surface area contributed by atoms with Gasteiger partial charge in [0.15, 0.2) is 12.1 Å². The highest BCUT2D eigenvalue weighted by Crippen LogP contribution is 2.19. The van der Waals surface area contributed by atoms with Gasteiger partial charge >= 0.3 is 0 Å². The Morgan fingerprint density at radius 3 is 2.58 bits per heavy atom. The number of carbonyl (C=O) groups excluding carboxylic acids is 1. The molecule has 1 fully saturated rings. The lowest BCUT2D eigenvalue weighted by Gasteiger charge is -2.31. The van der Waals surface area contributed by atoms with E-state index in [9.17, 15) is 4.79 Å². The molecule has 1 heterocycles. The van der Waals surface area contributed by atoms with Gasteiger partial charge in [-0.3, -0.25) is 4.79 Å². The highest BCUT2D eigenvalue weighted by molar-refractivity contribution is 5.83. The largest absolute Gasteiger partial charge is 0.376 e. The molecule has 12 heavy (non-hydrogen) atoms. The molecule has 0 amide bonds. The molecule has 0 saturated carbocycles. The van der Waals surface area contributed by atoms with E-state index in [1.54, 1.807) is 21.1 Å². The molecule has 0 aliphatic carbocycles. The third-order valence-corrected chi connectivity index (χ3v) is 2.03. The number of Topliss-reactive ketones (excluding diaryl/α,β-unsaturated/α-hetero) is 1. The number of ketones is 1. The summed E-state index contributed by atoms with van der Waals surface area (Å²) in [6.45, 7) is 1.72. The summed E-state index contributed by atoms with van der Waals surface area (Å²) in [5, 5.41) is 0. The van der Waals surface area contributed by atoms with E-state index >= 15 is 0 Å². The Kier molecular flexibility index (Phi) is 3.20. The van der Waals surface area contributed by atoms with Crippen LogP contribution in [-0.4, -0.2) is 38.5 Å². The molecule has 0 aromatic rings. The Morgan fingerprint density at radius 1 is 1.42 bits per heavy atom. The SMILES string of the molecule is CO[C@@H]1O[C@H](C)C(=O)C[C@H]1OC. The molecule has 0 spiro atoms. The van der Waals surface area contributed by atoms with Crippen LogP contribution in [0.3, 0.4) is 0 Å². The minimum Gasteiger partial charge on any atom is -0.376 e. The standard InChI is InChI=1S/C8H14O4/c1-5-6(9)4-7(10-2)8(11-3)12-5/h5,7-8H,4H2,1-3H3/t5-,7-,8-/m1/s1. The summed E-state index contributed by atoms with van der Waals surface area (Å²) < 4.78 is 15.3. The summed E-state index contributed by atoms with van der Waals surface area (Å²) >= 11 is 0. The van der Waals surface area contributed by atoms with Gasteiger partial charge in [-0.25, -0.2) is 0 Å². The second kappa shape index (κ2) is 3.98. The maximum Gasteiger partial charge on any atom is 0.184 e. The van der Waals surface area contributed by atoms with Gasteiger partial charge in [0.25, 0.3) is 0 Å². The fraction of sp³-hybridized carbons (Fsp3) is 0.875. The van der Waals surface area contributed by atoms with Gasteiger partial charge in [0.2, 0.25) is 0 Å². The van der Waals surface area contributed by atoms with Gasteiger partial charge in [-0.2, -0.15) is 0 Å². The van der Waals surface area contributed by atoms with Crippen LogP contribution >= 0.6 is 0 Å². The lowest BCUT2D eigenvalue weighted by Crippen LogP contribution is -2.45. The van der Waals surface area contributed by atoms with E-state index in [0.29, 0.717) is 6.42 Å². The average molecular weight is 174 g/mol. The van der Waals surface area contributed by atoms with Crippen LogP contribution in [0.5, 0.6) is 0 Å². The summed E-state index contributed by atoms with van der Waals surface area (Å²) in [6, 6.07) is 0. The first-order valence-electron chi connectivity index (χ1n) is 3.92. The highest BCUT2D eigenvalue weighted by Gasteiger charge is 2.34. The van der Waals surface area contributed by atoms with Crippen LogP contribution in [0.4, 0.5) is 0 Å². The van der Waals surface area contributed by atoms with Crippen molar-refractivity contribution >= 4 is 5.78 Å². The fourth-order valence-electron chi connectivity index (χ4n) is 1.23. The third-order valence-electron chi connectivity index (χ3n) is 2.03. The zero-order valence-electron chi connectivity index (χ0n) is 7.57. The van der Waals surface area contributed by atoms with Crippen LogP contribution in [0.15, 0.2) is 0 Å². The van der Waals surface area contributed by atoms with E-state index in [2.05, 4.69) is 0 Å². The Hall–Kier alpha value is -0.450. The smallest absolute Gasteiger partial charge is 0.184 e. The van der Waals surface area contributed by atoms with Gasteiger partial charge in [-0.1, -0.05) is 0 Å². The van der Waals surface area contributed by atoms with Crippen LogP contribution < -0.4 is 0 Å². The number of methoxy groups -OCH3 is 2. The fourth-order valence-corrected chi connectivity index (χ4v) is 1.23. The Balaban J connectivity index is 2.58. The van der Waals surface area contributed by atoms with Crippen molar-refractivity contribution in [3.8, 4) is 0 Å². The number of rotatable bonds is 2. The first-order valence-corrected chi connectivity index (χ1v) is 3.92. The number of ether oxygens (including phenoxy) is 3. The van der Waals surface area contributed by atoms with Crippen molar-refractivity contribution < 1.29 is 19.0 Å². The van der Waals surface area contributed by atoms with Gasteiger partial charge in [-0.15, -0.1) is 0 Å². The lowest BCUT2D eigenvalue weighted by atomic mass is 10.1. The number of hydrogen-bond donors (Lipinski definition) is 0. The molecule has 4 nitrogen and oxygen atoms in total. The van der Waals surface area contributed by atoms with Crippen molar-refractivity contribution in [1.29, 1.82) is 0 Å². The van der Waals surface area contributed by atoms with Gasteiger partial charge in [0, 0.05) is 20.6 Å². The van der Waals surface area contributed by atoms with Gasteiger partial charge < -0.3 is 14.2 Å². The Bertz CT molecular complexity index is 168. The topological polar surface area (TPSA) is 44.8 Å². The highest BCUT2D eigenvalue weighted by atomic mass is 16.7. The zero-order valence-corrected chi connectivity index (χ0v) is 7.57. The molecule has 0 radical (unpaired) electrons. The van der Waals surface area contributed by atoms with E-state index < -0.39 is 6.29 Å². The summed E-state index contributed by atoms with van der Waals surface area (Å²) in [6.07, 6.45) is -0.682. The zero-order chi connectivity index (χ0) is 9.14. The summed E-state index contributed by atoms with van der Waals surface area (Å²) in [5.74, 6) is 0.0650. The summed E-state index contributed by atoms with van der Waals surface area (Å²) in [4.78, 5) is 11.2. The summed E-state index contributed by atoms with van der Waals surface area (Å²) in [7, 11) is 3.09. The van der Waals surface area contributed by atoms with E-state index in [1.165, 1.54) is 0 Å². The van der Waals surface area contributed by atoms with Crippen LogP contribution in [0, 0.1) is 0 Å². The molecule has 0 aromatic carbocycles. The van der Waals surface area contributed by atoms with Crippen molar-refractivity contribution in [2.45, 2.75) is 31.8 Å². The molecular formula is C8H14O4. The van der Waals surface area contributed by atoms with E-state index in [0.717, 1.165) is 0 Å². The van der Waals surface area contributed by atoms with Gasteiger partial charge in [-0.05, 0) is 6.92 Å². The van der Waals surface area contributed by atoms with Crippen molar-refractivity contribution in [3.63, 3.8) is 0 Å². The molecular weight excluding hydrogens is 160 g/mol. The molecule has 4 heteroatoms. The van der Waals surface area contributed by atoms with Crippen molar-refractivity contribution in [1.82, 2.24) is 0 Å². The third kappa shape index (κ3) is 1.83. The molecule has 0 N–H and O–H groups in total. The Morgan fingerprint density at radius 2 is 2.08 bits per heavy atom. The average Bonchev–Trinajstić information content (AvgIpc) is 2.09. The predicted octanol–water partition coefficient (Wildman–Crippen LogP) is 0.352. The first kappa shape index (κ1) is 9.64. The van der Waals surface area contributed by atoms with Gasteiger partial charge in [0.05, 0.1) is 0 Å². The number of carbonyl (C=O) groups is 1. The maximum atomic E-state index is 11.2. The second-order valence-electron chi connectivity index (χ2n) is 2.83. The van der Waals surface area contributed by atoms with Crippen LogP contribution in [0.25, 0.3) is 0 Å². The normalized spacial score (nSPS) is 36.9. The van der Waals surface area contributed by atoms with E-state index in [4.69, 9.17) is 14.2 Å². The van der Waals surface area contributed by atoms with Gasteiger partial charge in [0.1, 0.15) is 12.2 Å². The maximum absolute atomic E-state index is 11.2. The predicted molar refractivity (Wildman–Crippen MR) is 41.8 cm³/mol. The molecule has 0 aromatic heterocycles. The van der Waals surface area contributed by atoms with E-state index in [1.807, 2.05) is 0 Å². The number of hydrogen-bond acceptors (Lipinski definition) is 4. The molecule has 1 aliphatic rings. The molecule has 3 atom stereocenters. The molecule has 1 aliphatic heterocycles. The minimum absolute atomic E-state index is 0.0650. The quantitative estimate of drug-likeness (QED) is 0.606. The van der Waals surface area contributed by atoms with Crippen molar-refractivity contribution in [3.05, 3.63) is 0 Å². The first-order chi connectivity index (χ1) is 5.69. The van der Waals surface area contributed by atoms with E-state index in [-0.39, 0.29) is 18.0 Å². The molecule has 0 unspecified atom stereocenters. The summed E-state index contributed by atoms with van der Waals surface area (Å²) in [5.41, 5.74) is 0. The van der Waals surface area contributed by atoms with Crippen LogP contribution in [-0.2, 0) is 19.0 Å². The Labute approximate surface area is 71.8 Å². The lowest BCUT2D eigenvalue weighted by molar-refractivity contribution is -0.225. The van der Waals surface area contributed by atoms with Crippen molar-refractivity contribution in [2.75, 3.05) is 14.2 Å². The van der Waals surface area contributed by atoms with Crippen LogP contribution in [0.2, 0.25) is 0 Å². The monoisotopic (exact) mass is 174 g/mol.